The van der Waals surface area contributed by atoms with E-state index in [9.17, 15) is 19.5 Å². The molecular formula is C26H30N4O4. The van der Waals surface area contributed by atoms with Gasteiger partial charge in [-0.2, -0.15) is 0 Å². The van der Waals surface area contributed by atoms with E-state index in [1.807, 2.05) is 18.2 Å². The Balaban J connectivity index is 1.35. The van der Waals surface area contributed by atoms with Crippen LogP contribution < -0.4 is 5.32 Å². The Labute approximate surface area is 199 Å². The molecular weight excluding hydrogens is 432 g/mol. The van der Waals surface area contributed by atoms with E-state index >= 15 is 0 Å². The maximum Gasteiger partial charge on any atom is 0.256 e. The van der Waals surface area contributed by atoms with Gasteiger partial charge in [-0.3, -0.25) is 29.6 Å². The van der Waals surface area contributed by atoms with Crippen LogP contribution in [-0.2, 0) is 28.3 Å². The third-order valence-electron chi connectivity index (χ3n) is 7.57. The van der Waals surface area contributed by atoms with Gasteiger partial charge in [0, 0.05) is 31.5 Å². The number of imide groups is 1. The minimum atomic E-state index is -1.14. The highest BCUT2D eigenvalue weighted by Gasteiger charge is 2.50. The van der Waals surface area contributed by atoms with Crippen LogP contribution in [0.25, 0.3) is 0 Å². The number of pyridine rings is 1. The van der Waals surface area contributed by atoms with Gasteiger partial charge >= 0.3 is 0 Å². The fraction of sp³-hybridized carbons (Fsp3) is 0.462. The highest BCUT2D eigenvalue weighted by molar-refractivity contribution is 6.05. The molecule has 8 nitrogen and oxygen atoms in total. The van der Waals surface area contributed by atoms with Gasteiger partial charge in [-0.05, 0) is 30.5 Å². The van der Waals surface area contributed by atoms with E-state index in [1.165, 1.54) is 10.5 Å². The van der Waals surface area contributed by atoms with Crippen LogP contribution >= 0.6 is 0 Å². The fourth-order valence-electron chi connectivity index (χ4n) is 5.54. The highest BCUT2D eigenvalue weighted by atomic mass is 16.3. The van der Waals surface area contributed by atoms with Crippen molar-refractivity contribution < 1.29 is 19.5 Å². The lowest BCUT2D eigenvalue weighted by atomic mass is 9.68. The van der Waals surface area contributed by atoms with Gasteiger partial charge in [0.2, 0.25) is 11.8 Å². The average Bonchev–Trinajstić information content (AvgIpc) is 3.12. The number of nitrogens with one attached hydrogen (secondary N) is 1. The van der Waals surface area contributed by atoms with Gasteiger partial charge in [0.1, 0.15) is 11.6 Å². The number of carbonyl (C=O) groups is 3. The van der Waals surface area contributed by atoms with Crippen molar-refractivity contribution in [3.8, 4) is 0 Å². The number of carbonyl (C=O) groups excluding carboxylic acids is 3. The monoisotopic (exact) mass is 462 g/mol. The molecule has 4 heterocycles. The molecule has 1 aromatic heterocycles. The second kappa shape index (κ2) is 8.29. The van der Waals surface area contributed by atoms with Gasteiger partial charge in [0.25, 0.3) is 5.91 Å². The molecule has 1 aromatic carbocycles. The SMILES string of the molecule is CC1(C)CN(Cc2ccccc2)CC[C@]1(O)c1ccc2c(n1)CN(C1CCC(=O)NC1=O)C2=O. The maximum absolute atomic E-state index is 13.0. The zero-order valence-electron chi connectivity index (χ0n) is 19.6. The summed E-state index contributed by atoms with van der Waals surface area (Å²) in [5, 5.41) is 14.2. The Hall–Kier alpha value is -3.10. The number of hydrogen-bond donors (Lipinski definition) is 2. The number of hydrogen-bond acceptors (Lipinski definition) is 6. The Morgan fingerprint density at radius 1 is 1.12 bits per heavy atom. The predicted octanol–water partition coefficient (Wildman–Crippen LogP) is 1.96. The van der Waals surface area contributed by atoms with E-state index in [0.29, 0.717) is 36.3 Å². The minimum Gasteiger partial charge on any atom is -0.383 e. The molecule has 2 fully saturated rings. The normalized spacial score (nSPS) is 27.0. The van der Waals surface area contributed by atoms with E-state index in [0.717, 1.165) is 13.1 Å². The lowest BCUT2D eigenvalue weighted by molar-refractivity contribution is -0.137. The van der Waals surface area contributed by atoms with Crippen LogP contribution in [0.4, 0.5) is 0 Å². The summed E-state index contributed by atoms with van der Waals surface area (Å²) in [5.41, 5.74) is 1.23. The molecule has 3 amide bonds. The summed E-state index contributed by atoms with van der Waals surface area (Å²) in [6.07, 6.45) is 1.05. The summed E-state index contributed by atoms with van der Waals surface area (Å²) in [6.45, 7) is 6.57. The predicted molar refractivity (Wildman–Crippen MR) is 124 cm³/mol. The van der Waals surface area contributed by atoms with Crippen LogP contribution in [0.15, 0.2) is 42.5 Å². The summed E-state index contributed by atoms with van der Waals surface area (Å²) < 4.78 is 0. The van der Waals surface area contributed by atoms with Crippen molar-refractivity contribution in [2.45, 2.75) is 57.8 Å². The Morgan fingerprint density at radius 3 is 2.59 bits per heavy atom. The van der Waals surface area contributed by atoms with Crippen molar-refractivity contribution >= 4 is 17.7 Å². The fourth-order valence-corrected chi connectivity index (χ4v) is 5.54. The highest BCUT2D eigenvalue weighted by Crippen LogP contribution is 2.46. The molecule has 0 saturated carbocycles. The van der Waals surface area contributed by atoms with Crippen LogP contribution in [-0.4, -0.2) is 56.7 Å². The number of piperidine rings is 2. The van der Waals surface area contributed by atoms with E-state index in [1.54, 1.807) is 12.1 Å². The molecule has 0 bridgehead atoms. The number of benzene rings is 1. The quantitative estimate of drug-likeness (QED) is 0.674. The van der Waals surface area contributed by atoms with E-state index in [4.69, 9.17) is 4.98 Å². The second-order valence-electron chi connectivity index (χ2n) is 10.3. The Bertz CT molecular complexity index is 1150. The smallest absolute Gasteiger partial charge is 0.256 e. The molecule has 34 heavy (non-hydrogen) atoms. The number of likely N-dealkylation sites (tertiary alicyclic amines) is 1. The maximum atomic E-state index is 13.0. The van der Waals surface area contributed by atoms with Crippen LogP contribution in [0, 0.1) is 5.41 Å². The van der Waals surface area contributed by atoms with E-state index in [2.05, 4.69) is 36.2 Å². The first kappa shape index (κ1) is 22.7. The van der Waals surface area contributed by atoms with E-state index in [-0.39, 0.29) is 24.8 Å². The molecule has 2 atom stereocenters. The molecule has 2 saturated heterocycles. The first-order chi connectivity index (χ1) is 16.2. The first-order valence-corrected chi connectivity index (χ1v) is 11.8. The number of nitrogens with zero attached hydrogens (tertiary/aromatic N) is 3. The van der Waals surface area contributed by atoms with Crippen LogP contribution in [0.3, 0.4) is 0 Å². The number of amides is 3. The first-order valence-electron chi connectivity index (χ1n) is 11.8. The summed E-state index contributed by atoms with van der Waals surface area (Å²) in [4.78, 5) is 45.4. The third-order valence-corrected chi connectivity index (χ3v) is 7.57. The van der Waals surface area contributed by atoms with Gasteiger partial charge in [-0.15, -0.1) is 0 Å². The summed E-state index contributed by atoms with van der Waals surface area (Å²) in [6, 6.07) is 13.1. The van der Waals surface area contributed by atoms with Gasteiger partial charge in [-0.25, -0.2) is 0 Å². The van der Waals surface area contributed by atoms with Gasteiger partial charge in [0.05, 0.1) is 23.5 Å². The summed E-state index contributed by atoms with van der Waals surface area (Å²) in [7, 11) is 0. The Kier molecular flexibility index (Phi) is 5.53. The van der Waals surface area contributed by atoms with Crippen molar-refractivity contribution in [2.24, 2.45) is 5.41 Å². The van der Waals surface area contributed by atoms with E-state index < -0.39 is 23.0 Å². The van der Waals surface area contributed by atoms with Crippen LogP contribution in [0.2, 0.25) is 0 Å². The number of aliphatic hydroxyl groups is 1. The number of aromatic nitrogens is 1. The topological polar surface area (TPSA) is 103 Å². The molecule has 178 valence electrons. The van der Waals surface area contributed by atoms with Crippen LogP contribution in [0.5, 0.6) is 0 Å². The van der Waals surface area contributed by atoms with Gasteiger partial charge in [0.15, 0.2) is 0 Å². The molecule has 0 spiro atoms. The van der Waals surface area contributed by atoms with Gasteiger partial charge < -0.3 is 10.0 Å². The minimum absolute atomic E-state index is 0.199. The standard InChI is InChI=1S/C26H30N4O4/c1-25(2)16-29(14-17-6-4-3-5-7-17)13-12-26(25,34)21-10-8-18-19(27-21)15-30(24(18)33)20-9-11-22(31)28-23(20)32/h3-8,10,20,34H,9,11-16H2,1-2H3,(H,28,31,32)/t20?,26-/m0/s1. The molecule has 1 unspecified atom stereocenters. The second-order valence-corrected chi connectivity index (χ2v) is 10.3. The van der Waals surface area contributed by atoms with Crippen molar-refractivity contribution in [2.75, 3.05) is 13.1 Å². The molecule has 3 aliphatic rings. The van der Waals surface area contributed by atoms with Gasteiger partial charge in [-0.1, -0.05) is 44.2 Å². The molecule has 0 radical (unpaired) electrons. The lowest BCUT2D eigenvalue weighted by Gasteiger charge is -2.50. The average molecular weight is 463 g/mol. The molecule has 5 rings (SSSR count). The third kappa shape index (κ3) is 3.80. The Morgan fingerprint density at radius 2 is 1.88 bits per heavy atom. The summed E-state index contributed by atoms with van der Waals surface area (Å²) in [5.74, 6) is -1.01. The zero-order valence-corrected chi connectivity index (χ0v) is 19.6. The molecule has 0 aliphatic carbocycles. The van der Waals surface area contributed by atoms with Crippen LogP contribution in [0.1, 0.15) is 60.4 Å². The molecule has 3 aliphatic heterocycles. The van der Waals surface area contributed by atoms with Crippen molar-refractivity contribution in [1.29, 1.82) is 0 Å². The number of fused-ring (bicyclic) bond motifs is 1. The van der Waals surface area contributed by atoms with Crippen molar-refractivity contribution in [1.82, 2.24) is 20.1 Å². The number of rotatable bonds is 4. The largest absolute Gasteiger partial charge is 0.383 e. The molecule has 2 aromatic rings. The van der Waals surface area contributed by atoms with Crippen molar-refractivity contribution in [3.63, 3.8) is 0 Å². The molecule has 8 heteroatoms. The lowest BCUT2D eigenvalue weighted by Crippen LogP contribution is -2.55. The summed E-state index contributed by atoms with van der Waals surface area (Å²) >= 11 is 0. The molecule has 2 N–H and O–H groups in total. The zero-order chi connectivity index (χ0) is 24.1. The van der Waals surface area contributed by atoms with Crippen molar-refractivity contribution in [3.05, 3.63) is 65.0 Å².